The van der Waals surface area contributed by atoms with Gasteiger partial charge in [0.2, 0.25) is 0 Å². The number of ether oxygens (including phenoxy) is 1. The van der Waals surface area contributed by atoms with Crippen LogP contribution in [0.3, 0.4) is 0 Å². The fourth-order valence-corrected chi connectivity index (χ4v) is 3.89. The van der Waals surface area contributed by atoms with Crippen molar-refractivity contribution in [2.75, 3.05) is 0 Å². The van der Waals surface area contributed by atoms with Gasteiger partial charge in [0.25, 0.3) is 0 Å². The number of carbonyl (C=O) groups is 1. The van der Waals surface area contributed by atoms with Crippen LogP contribution in [0.2, 0.25) is 5.02 Å². The predicted octanol–water partition coefficient (Wildman–Crippen LogP) is 5.54. The molecule has 0 saturated carbocycles. The highest BCUT2D eigenvalue weighted by Gasteiger charge is 2.34. The van der Waals surface area contributed by atoms with Crippen LogP contribution < -0.4 is 0 Å². The van der Waals surface area contributed by atoms with Crippen LogP contribution in [-0.4, -0.2) is 37.4 Å². The maximum atomic E-state index is 14.8. The normalized spacial score (nSPS) is 16.2. The average molecular weight is 443 g/mol. The highest BCUT2D eigenvalue weighted by Crippen LogP contribution is 2.38. The van der Waals surface area contributed by atoms with Crippen molar-refractivity contribution in [2.24, 2.45) is 0 Å². The Kier molecular flexibility index (Phi) is 5.47. The number of benzene rings is 1. The van der Waals surface area contributed by atoms with Gasteiger partial charge in [-0.1, -0.05) is 11.6 Å². The Morgan fingerprint density at radius 3 is 2.58 bits per heavy atom. The smallest absolute Gasteiger partial charge is 0.410 e. The first-order valence-electron chi connectivity index (χ1n) is 10.1. The summed E-state index contributed by atoms with van der Waals surface area (Å²) in [5.74, 6) is -0.449. The molecule has 1 atom stereocenters. The number of nitrogens with zero attached hydrogens (tertiary/aromatic N) is 4. The van der Waals surface area contributed by atoms with E-state index < -0.39 is 11.4 Å². The summed E-state index contributed by atoms with van der Waals surface area (Å²) in [5, 5.41) is 5.06. The van der Waals surface area contributed by atoms with Crippen molar-refractivity contribution < 1.29 is 13.9 Å². The molecule has 2 aromatic heterocycles. The molecule has 31 heavy (non-hydrogen) atoms. The first-order valence-corrected chi connectivity index (χ1v) is 10.5. The SMILES string of the molecule is C[C@H]1Cn2nc(-c3ccc(Cl)cc3F)c(-c3ccncc3)c2CN1C(=O)OC(C)(C)C. The molecule has 0 spiro atoms. The lowest BCUT2D eigenvalue weighted by Gasteiger charge is -2.35. The summed E-state index contributed by atoms with van der Waals surface area (Å²) in [5.41, 5.74) is 2.70. The zero-order chi connectivity index (χ0) is 22.3. The summed E-state index contributed by atoms with van der Waals surface area (Å²) in [6, 6.07) is 8.13. The Morgan fingerprint density at radius 2 is 1.94 bits per heavy atom. The molecule has 0 radical (unpaired) electrons. The van der Waals surface area contributed by atoms with E-state index in [1.807, 2.05) is 44.5 Å². The Morgan fingerprint density at radius 1 is 1.23 bits per heavy atom. The number of pyridine rings is 1. The van der Waals surface area contributed by atoms with E-state index in [4.69, 9.17) is 21.4 Å². The van der Waals surface area contributed by atoms with Crippen LogP contribution in [0.1, 0.15) is 33.4 Å². The Hall–Kier alpha value is -2.93. The number of fused-ring (bicyclic) bond motifs is 1. The van der Waals surface area contributed by atoms with Crippen molar-refractivity contribution in [2.45, 2.75) is 52.4 Å². The van der Waals surface area contributed by atoms with Gasteiger partial charge in [0.15, 0.2) is 0 Å². The van der Waals surface area contributed by atoms with Gasteiger partial charge in [-0.15, -0.1) is 0 Å². The Labute approximate surface area is 185 Å². The average Bonchev–Trinajstić information content (AvgIpc) is 3.04. The summed E-state index contributed by atoms with van der Waals surface area (Å²) in [4.78, 5) is 18.6. The number of halogens is 2. The van der Waals surface area contributed by atoms with Crippen LogP contribution >= 0.6 is 11.6 Å². The van der Waals surface area contributed by atoms with Gasteiger partial charge in [0.05, 0.1) is 24.8 Å². The highest BCUT2D eigenvalue weighted by molar-refractivity contribution is 6.30. The number of amides is 1. The van der Waals surface area contributed by atoms with Crippen LogP contribution in [0, 0.1) is 5.82 Å². The minimum Gasteiger partial charge on any atom is -0.444 e. The first kappa shape index (κ1) is 21.3. The third-order valence-electron chi connectivity index (χ3n) is 5.13. The van der Waals surface area contributed by atoms with Crippen molar-refractivity contribution in [1.82, 2.24) is 19.7 Å². The molecule has 8 heteroatoms. The fourth-order valence-electron chi connectivity index (χ4n) is 3.73. The third-order valence-corrected chi connectivity index (χ3v) is 5.37. The number of hydrogen-bond acceptors (Lipinski definition) is 4. The highest BCUT2D eigenvalue weighted by atomic mass is 35.5. The minimum absolute atomic E-state index is 0.129. The summed E-state index contributed by atoms with van der Waals surface area (Å²) in [7, 11) is 0. The van der Waals surface area contributed by atoms with Crippen molar-refractivity contribution in [1.29, 1.82) is 0 Å². The van der Waals surface area contributed by atoms with E-state index in [9.17, 15) is 9.18 Å². The molecule has 0 fully saturated rings. The molecule has 1 aromatic carbocycles. The number of rotatable bonds is 2. The summed E-state index contributed by atoms with van der Waals surface area (Å²) in [6.07, 6.45) is 2.98. The maximum Gasteiger partial charge on any atom is 0.410 e. The lowest BCUT2D eigenvalue weighted by atomic mass is 9.98. The molecule has 4 rings (SSSR count). The minimum atomic E-state index is -0.597. The molecule has 0 unspecified atom stereocenters. The molecule has 0 bridgehead atoms. The third kappa shape index (κ3) is 4.28. The van der Waals surface area contributed by atoms with Crippen molar-refractivity contribution in [3.05, 3.63) is 59.3 Å². The van der Waals surface area contributed by atoms with E-state index in [0.29, 0.717) is 29.4 Å². The second-order valence-corrected chi connectivity index (χ2v) is 9.11. The van der Waals surface area contributed by atoms with E-state index in [1.165, 1.54) is 6.07 Å². The van der Waals surface area contributed by atoms with Crippen LogP contribution in [0.25, 0.3) is 22.4 Å². The second kappa shape index (κ2) is 7.96. The van der Waals surface area contributed by atoms with Gasteiger partial charge in [0, 0.05) is 28.5 Å². The molecule has 0 N–H and O–H groups in total. The van der Waals surface area contributed by atoms with Crippen LogP contribution in [-0.2, 0) is 17.8 Å². The molecule has 3 heterocycles. The van der Waals surface area contributed by atoms with Crippen molar-refractivity contribution in [3.63, 3.8) is 0 Å². The number of carbonyl (C=O) groups excluding carboxylic acids is 1. The summed E-state index contributed by atoms with van der Waals surface area (Å²) >= 11 is 5.96. The second-order valence-electron chi connectivity index (χ2n) is 8.67. The maximum absolute atomic E-state index is 14.8. The summed E-state index contributed by atoms with van der Waals surface area (Å²) < 4.78 is 22.3. The van der Waals surface area contributed by atoms with Gasteiger partial charge in [0.1, 0.15) is 17.1 Å². The zero-order valence-corrected chi connectivity index (χ0v) is 18.7. The van der Waals surface area contributed by atoms with E-state index in [2.05, 4.69) is 4.98 Å². The van der Waals surface area contributed by atoms with Gasteiger partial charge in [-0.2, -0.15) is 5.10 Å². The van der Waals surface area contributed by atoms with E-state index in [0.717, 1.165) is 16.8 Å². The van der Waals surface area contributed by atoms with E-state index >= 15 is 0 Å². The predicted molar refractivity (Wildman–Crippen MR) is 117 cm³/mol. The molecule has 162 valence electrons. The quantitative estimate of drug-likeness (QED) is 0.522. The van der Waals surface area contributed by atoms with Gasteiger partial charge < -0.3 is 4.74 Å². The molecular formula is C23H24ClFN4O2. The number of aromatic nitrogens is 3. The lowest BCUT2D eigenvalue weighted by Crippen LogP contribution is -2.47. The van der Waals surface area contributed by atoms with Crippen LogP contribution in [0.4, 0.5) is 9.18 Å². The number of hydrogen-bond donors (Lipinski definition) is 0. The van der Waals surface area contributed by atoms with E-state index in [-0.39, 0.29) is 12.1 Å². The molecule has 6 nitrogen and oxygen atoms in total. The molecule has 1 aliphatic heterocycles. The zero-order valence-electron chi connectivity index (χ0n) is 17.9. The lowest BCUT2D eigenvalue weighted by molar-refractivity contribution is 0.00914. The van der Waals surface area contributed by atoms with Gasteiger partial charge in [-0.3, -0.25) is 14.6 Å². The first-order chi connectivity index (χ1) is 14.6. The molecule has 1 aliphatic rings. The fraction of sp³-hybridized carbons (Fsp3) is 0.348. The van der Waals surface area contributed by atoms with Crippen LogP contribution in [0.15, 0.2) is 42.7 Å². The van der Waals surface area contributed by atoms with Crippen molar-refractivity contribution in [3.8, 4) is 22.4 Å². The van der Waals surface area contributed by atoms with Gasteiger partial charge >= 0.3 is 6.09 Å². The summed E-state index contributed by atoms with van der Waals surface area (Å²) in [6.45, 7) is 8.25. The van der Waals surface area contributed by atoms with Gasteiger partial charge in [-0.25, -0.2) is 9.18 Å². The van der Waals surface area contributed by atoms with Gasteiger partial charge in [-0.05, 0) is 63.6 Å². The largest absolute Gasteiger partial charge is 0.444 e. The van der Waals surface area contributed by atoms with Crippen LogP contribution in [0.5, 0.6) is 0 Å². The molecular weight excluding hydrogens is 419 g/mol. The van der Waals surface area contributed by atoms with Crippen molar-refractivity contribution >= 4 is 17.7 Å². The molecule has 0 saturated heterocycles. The topological polar surface area (TPSA) is 60.2 Å². The van der Waals surface area contributed by atoms with E-state index in [1.54, 1.807) is 29.4 Å². The monoisotopic (exact) mass is 442 g/mol. The standard InChI is InChI=1S/C23H24ClFN4O2/c1-14-12-29-19(13-28(14)22(30)31-23(2,3)4)20(15-7-9-26-10-8-15)21(27-29)17-6-5-16(24)11-18(17)25/h5-11,14H,12-13H2,1-4H3/t14-/m0/s1. The molecule has 0 aliphatic carbocycles. The molecule has 1 amide bonds. The Balaban J connectivity index is 1.84. The molecule has 3 aromatic rings. The Bertz CT molecular complexity index is 1120.